The maximum Gasteiger partial charge on any atom is 0.262 e. The minimum absolute atomic E-state index is 0.160. The molecule has 1 N–H and O–H groups in total. The quantitative estimate of drug-likeness (QED) is 0.551. The van der Waals surface area contributed by atoms with Crippen molar-refractivity contribution in [2.24, 2.45) is 0 Å². The molecule has 32 heavy (non-hydrogen) atoms. The molecular formula is C25H28N2O5. The van der Waals surface area contributed by atoms with Gasteiger partial charge in [0.2, 0.25) is 5.43 Å². The van der Waals surface area contributed by atoms with Crippen LogP contribution in [0.15, 0.2) is 59.5 Å². The van der Waals surface area contributed by atoms with Gasteiger partial charge in [-0.05, 0) is 68.3 Å². The lowest BCUT2D eigenvalue weighted by atomic mass is 10.1. The molecule has 7 heteroatoms. The molecule has 7 nitrogen and oxygen atoms in total. The van der Waals surface area contributed by atoms with E-state index in [1.165, 1.54) is 6.07 Å². The zero-order valence-electron chi connectivity index (χ0n) is 18.8. The number of carbonyl (C=O) groups excluding carboxylic acids is 1. The molecule has 3 rings (SSSR count). The minimum atomic E-state index is -0.327. The molecule has 0 atom stereocenters. The molecule has 0 unspecified atom stereocenters. The highest BCUT2D eigenvalue weighted by atomic mass is 16.5. The van der Waals surface area contributed by atoms with E-state index in [9.17, 15) is 9.59 Å². The van der Waals surface area contributed by atoms with Crippen molar-refractivity contribution in [1.82, 2.24) is 4.57 Å². The number of rotatable bonds is 9. The average Bonchev–Trinajstić information content (AvgIpc) is 2.75. The second-order valence-corrected chi connectivity index (χ2v) is 7.53. The van der Waals surface area contributed by atoms with Gasteiger partial charge in [0.05, 0.1) is 19.3 Å². The normalized spacial score (nSPS) is 10.5. The number of benzene rings is 2. The van der Waals surface area contributed by atoms with E-state index in [0.717, 1.165) is 22.6 Å². The summed E-state index contributed by atoms with van der Waals surface area (Å²) in [7, 11) is 1.61. The zero-order valence-corrected chi connectivity index (χ0v) is 18.8. The fourth-order valence-corrected chi connectivity index (χ4v) is 3.39. The number of nitrogens with one attached hydrogen (secondary N) is 1. The first-order valence-electron chi connectivity index (χ1n) is 10.3. The largest absolute Gasteiger partial charge is 0.497 e. The van der Waals surface area contributed by atoms with Crippen LogP contribution in [0.1, 0.15) is 16.8 Å². The van der Waals surface area contributed by atoms with E-state index >= 15 is 0 Å². The summed E-state index contributed by atoms with van der Waals surface area (Å²) in [5.74, 6) is 1.32. The molecule has 168 valence electrons. The van der Waals surface area contributed by atoms with Crippen molar-refractivity contribution < 1.29 is 19.0 Å². The van der Waals surface area contributed by atoms with Crippen LogP contribution in [0.25, 0.3) is 0 Å². The van der Waals surface area contributed by atoms with E-state index in [2.05, 4.69) is 5.32 Å². The van der Waals surface area contributed by atoms with Gasteiger partial charge in [-0.1, -0.05) is 6.07 Å². The van der Waals surface area contributed by atoms with Gasteiger partial charge in [-0.2, -0.15) is 0 Å². The third-order valence-corrected chi connectivity index (χ3v) is 4.90. The SMILES string of the molecule is COc1ccc(OCCn2ccc(=O)c(OCC(=O)Nc3cc(C)cc(C)c3)c2C)cc1. The highest BCUT2D eigenvalue weighted by Gasteiger charge is 2.12. The summed E-state index contributed by atoms with van der Waals surface area (Å²) in [6.45, 7) is 6.38. The van der Waals surface area contributed by atoms with Gasteiger partial charge in [0.25, 0.3) is 5.91 Å². The topological polar surface area (TPSA) is 78.8 Å². The summed E-state index contributed by atoms with van der Waals surface area (Å²) in [6, 6.07) is 14.5. The molecule has 0 spiro atoms. The van der Waals surface area contributed by atoms with Crippen LogP contribution in [0.5, 0.6) is 17.2 Å². The van der Waals surface area contributed by atoms with Crippen LogP contribution in [0.2, 0.25) is 0 Å². The van der Waals surface area contributed by atoms with Crippen LogP contribution in [0, 0.1) is 20.8 Å². The van der Waals surface area contributed by atoms with Gasteiger partial charge in [0.15, 0.2) is 12.4 Å². The number of pyridine rings is 1. The van der Waals surface area contributed by atoms with Crippen molar-refractivity contribution >= 4 is 11.6 Å². The summed E-state index contributed by atoms with van der Waals surface area (Å²) < 4.78 is 18.3. The van der Waals surface area contributed by atoms with E-state index in [1.54, 1.807) is 20.2 Å². The third-order valence-electron chi connectivity index (χ3n) is 4.90. The number of hydrogen-bond donors (Lipinski definition) is 1. The molecule has 0 saturated heterocycles. The maximum absolute atomic E-state index is 12.3. The number of carbonyl (C=O) groups is 1. The molecule has 0 aliphatic heterocycles. The first kappa shape index (κ1) is 22.9. The zero-order chi connectivity index (χ0) is 23.1. The molecule has 3 aromatic rings. The van der Waals surface area contributed by atoms with Gasteiger partial charge in [0, 0.05) is 18.0 Å². The molecule has 0 saturated carbocycles. The van der Waals surface area contributed by atoms with E-state index in [0.29, 0.717) is 24.5 Å². The van der Waals surface area contributed by atoms with Crippen molar-refractivity contribution in [3.05, 3.63) is 81.8 Å². The number of nitrogens with zero attached hydrogens (tertiary/aromatic N) is 1. The molecule has 0 aliphatic carbocycles. The Balaban J connectivity index is 1.58. The Bertz CT molecular complexity index is 1120. The van der Waals surface area contributed by atoms with Crippen LogP contribution in [-0.2, 0) is 11.3 Å². The van der Waals surface area contributed by atoms with Crippen LogP contribution >= 0.6 is 0 Å². The van der Waals surface area contributed by atoms with Gasteiger partial charge in [-0.25, -0.2) is 0 Å². The van der Waals surface area contributed by atoms with Crippen LogP contribution < -0.4 is 25.0 Å². The first-order valence-corrected chi connectivity index (χ1v) is 10.3. The summed E-state index contributed by atoms with van der Waals surface area (Å²) in [4.78, 5) is 24.6. The van der Waals surface area contributed by atoms with Crippen molar-refractivity contribution in [2.45, 2.75) is 27.3 Å². The van der Waals surface area contributed by atoms with Crippen molar-refractivity contribution in [3.63, 3.8) is 0 Å². The van der Waals surface area contributed by atoms with E-state index in [1.807, 2.05) is 60.9 Å². The van der Waals surface area contributed by atoms with Gasteiger partial charge in [0.1, 0.15) is 18.1 Å². The minimum Gasteiger partial charge on any atom is -0.497 e. The highest BCUT2D eigenvalue weighted by Crippen LogP contribution is 2.18. The summed E-state index contributed by atoms with van der Waals surface area (Å²) in [5, 5.41) is 2.81. The Labute approximate surface area is 187 Å². The van der Waals surface area contributed by atoms with E-state index in [4.69, 9.17) is 14.2 Å². The number of aromatic nitrogens is 1. The van der Waals surface area contributed by atoms with Crippen molar-refractivity contribution in [2.75, 3.05) is 25.6 Å². The summed E-state index contributed by atoms with van der Waals surface area (Å²) >= 11 is 0. The second-order valence-electron chi connectivity index (χ2n) is 7.53. The fraction of sp³-hybridized carbons (Fsp3) is 0.280. The molecule has 1 aromatic heterocycles. The number of hydrogen-bond acceptors (Lipinski definition) is 5. The smallest absolute Gasteiger partial charge is 0.262 e. The van der Waals surface area contributed by atoms with Gasteiger partial charge in [-0.15, -0.1) is 0 Å². The van der Waals surface area contributed by atoms with Crippen LogP contribution in [0.4, 0.5) is 5.69 Å². The first-order chi connectivity index (χ1) is 15.4. The number of ether oxygens (including phenoxy) is 3. The third kappa shape index (κ3) is 6.14. The van der Waals surface area contributed by atoms with E-state index < -0.39 is 0 Å². The molecule has 0 fully saturated rings. The molecule has 2 aromatic carbocycles. The number of methoxy groups -OCH3 is 1. The summed E-state index contributed by atoms with van der Waals surface area (Å²) in [5.41, 5.74) is 3.18. The average molecular weight is 437 g/mol. The Morgan fingerprint density at radius 1 is 0.938 bits per heavy atom. The molecule has 0 bridgehead atoms. The lowest BCUT2D eigenvalue weighted by Gasteiger charge is -2.15. The fourth-order valence-electron chi connectivity index (χ4n) is 3.39. The van der Waals surface area contributed by atoms with E-state index in [-0.39, 0.29) is 23.7 Å². The Kier molecular flexibility index (Phi) is 7.54. The van der Waals surface area contributed by atoms with Crippen molar-refractivity contribution in [3.8, 4) is 17.2 Å². The Morgan fingerprint density at radius 2 is 1.59 bits per heavy atom. The van der Waals surface area contributed by atoms with Crippen LogP contribution in [0.3, 0.4) is 0 Å². The lowest BCUT2D eigenvalue weighted by molar-refractivity contribution is -0.118. The van der Waals surface area contributed by atoms with Gasteiger partial charge >= 0.3 is 0 Å². The van der Waals surface area contributed by atoms with Crippen molar-refractivity contribution in [1.29, 1.82) is 0 Å². The molecule has 0 aliphatic rings. The lowest BCUT2D eigenvalue weighted by Crippen LogP contribution is -2.24. The number of amides is 1. The molecule has 0 radical (unpaired) electrons. The molecule has 1 heterocycles. The van der Waals surface area contributed by atoms with Gasteiger partial charge in [-0.3, -0.25) is 9.59 Å². The standard InChI is InChI=1S/C25H28N2O5/c1-17-13-18(2)15-20(14-17)26-24(29)16-32-25-19(3)27(10-9-23(25)28)11-12-31-22-7-5-21(30-4)6-8-22/h5-10,13-15H,11-12,16H2,1-4H3,(H,26,29). The van der Waals surface area contributed by atoms with Crippen LogP contribution in [-0.4, -0.2) is 30.8 Å². The highest BCUT2D eigenvalue weighted by molar-refractivity contribution is 5.92. The maximum atomic E-state index is 12.3. The summed E-state index contributed by atoms with van der Waals surface area (Å²) in [6.07, 6.45) is 1.69. The number of anilines is 1. The predicted octanol–water partition coefficient (Wildman–Crippen LogP) is 3.88. The second kappa shape index (κ2) is 10.5. The monoisotopic (exact) mass is 436 g/mol. The molecule has 1 amide bonds. The Hall–Kier alpha value is -3.74. The number of aryl methyl sites for hydroxylation is 2. The van der Waals surface area contributed by atoms with Gasteiger partial charge < -0.3 is 24.1 Å². The Morgan fingerprint density at radius 3 is 2.25 bits per heavy atom. The predicted molar refractivity (Wildman–Crippen MR) is 124 cm³/mol. The molecular weight excluding hydrogens is 408 g/mol.